The summed E-state index contributed by atoms with van der Waals surface area (Å²) in [6.07, 6.45) is 8.06. The van der Waals surface area contributed by atoms with Gasteiger partial charge in [0.05, 0.1) is 6.20 Å². The molecule has 3 heterocycles. The Bertz CT molecular complexity index is 510. The standard InChI is InChI=1S/C16H26N4OS/c1-2-12-4-3-7-20(11-12)13-5-8-19(9-6-13)16-18-10-14(22-16)15(17)21/h10,12-13H,2-9,11H2,1H3,(H2,17,21). The van der Waals surface area contributed by atoms with Crippen molar-refractivity contribution in [2.75, 3.05) is 31.1 Å². The highest BCUT2D eigenvalue weighted by atomic mass is 32.1. The summed E-state index contributed by atoms with van der Waals surface area (Å²) >= 11 is 1.42. The molecule has 0 radical (unpaired) electrons. The van der Waals surface area contributed by atoms with Gasteiger partial charge in [-0.15, -0.1) is 0 Å². The first-order chi connectivity index (χ1) is 10.7. The molecular weight excluding hydrogens is 296 g/mol. The quantitative estimate of drug-likeness (QED) is 0.924. The van der Waals surface area contributed by atoms with Crippen LogP contribution < -0.4 is 10.6 Å². The summed E-state index contributed by atoms with van der Waals surface area (Å²) in [5, 5.41) is 0.942. The summed E-state index contributed by atoms with van der Waals surface area (Å²) < 4.78 is 0. The van der Waals surface area contributed by atoms with Crippen molar-refractivity contribution in [3.05, 3.63) is 11.1 Å². The van der Waals surface area contributed by atoms with Crippen LogP contribution in [0.3, 0.4) is 0 Å². The summed E-state index contributed by atoms with van der Waals surface area (Å²) in [7, 11) is 0. The Morgan fingerprint density at radius 1 is 1.36 bits per heavy atom. The van der Waals surface area contributed by atoms with E-state index in [2.05, 4.69) is 21.7 Å². The molecule has 1 aromatic heterocycles. The molecule has 0 spiro atoms. The monoisotopic (exact) mass is 322 g/mol. The molecule has 0 aliphatic carbocycles. The van der Waals surface area contributed by atoms with Gasteiger partial charge in [-0.1, -0.05) is 24.7 Å². The number of hydrogen-bond acceptors (Lipinski definition) is 5. The van der Waals surface area contributed by atoms with Gasteiger partial charge in [0.2, 0.25) is 0 Å². The average molecular weight is 322 g/mol. The number of rotatable bonds is 4. The summed E-state index contributed by atoms with van der Waals surface area (Å²) in [6, 6.07) is 0.723. The minimum atomic E-state index is -0.377. The van der Waals surface area contributed by atoms with Crippen LogP contribution >= 0.6 is 11.3 Å². The van der Waals surface area contributed by atoms with E-state index in [1.165, 1.54) is 56.5 Å². The minimum absolute atomic E-state index is 0.377. The number of nitrogens with two attached hydrogens (primary N) is 1. The molecule has 2 aliphatic rings. The van der Waals surface area contributed by atoms with E-state index >= 15 is 0 Å². The molecule has 2 saturated heterocycles. The van der Waals surface area contributed by atoms with E-state index in [4.69, 9.17) is 5.73 Å². The molecule has 1 aromatic rings. The minimum Gasteiger partial charge on any atom is -0.365 e. The number of thiazole rings is 1. The number of carbonyl (C=O) groups is 1. The predicted molar refractivity (Wildman–Crippen MR) is 90.5 cm³/mol. The molecule has 1 amide bonds. The highest BCUT2D eigenvalue weighted by Crippen LogP contribution is 2.29. The first kappa shape index (κ1) is 15.7. The van der Waals surface area contributed by atoms with E-state index in [1.807, 2.05) is 0 Å². The van der Waals surface area contributed by atoms with Crippen LogP contribution in [0.15, 0.2) is 6.20 Å². The zero-order valence-electron chi connectivity index (χ0n) is 13.3. The summed E-state index contributed by atoms with van der Waals surface area (Å²) in [6.45, 7) is 6.93. The van der Waals surface area contributed by atoms with Gasteiger partial charge in [0.1, 0.15) is 4.88 Å². The van der Waals surface area contributed by atoms with Gasteiger partial charge in [-0.3, -0.25) is 9.69 Å². The lowest BCUT2D eigenvalue weighted by molar-refractivity contribution is 0.100. The van der Waals surface area contributed by atoms with E-state index in [-0.39, 0.29) is 5.91 Å². The van der Waals surface area contributed by atoms with Crippen LogP contribution in [-0.2, 0) is 0 Å². The number of amides is 1. The molecule has 2 fully saturated rings. The number of primary amides is 1. The predicted octanol–water partition coefficient (Wildman–Crippen LogP) is 2.33. The first-order valence-electron chi connectivity index (χ1n) is 8.42. The number of carbonyl (C=O) groups excluding carboxylic acids is 1. The van der Waals surface area contributed by atoms with Gasteiger partial charge in [-0.25, -0.2) is 4.98 Å². The highest BCUT2D eigenvalue weighted by molar-refractivity contribution is 7.17. The molecule has 0 bridgehead atoms. The van der Waals surface area contributed by atoms with Crippen LogP contribution in [0.1, 0.15) is 48.7 Å². The number of aromatic nitrogens is 1. The highest BCUT2D eigenvalue weighted by Gasteiger charge is 2.29. The second kappa shape index (κ2) is 6.96. The maximum Gasteiger partial charge on any atom is 0.260 e. The van der Waals surface area contributed by atoms with Crippen molar-refractivity contribution in [1.82, 2.24) is 9.88 Å². The van der Waals surface area contributed by atoms with Crippen LogP contribution in [0.25, 0.3) is 0 Å². The normalized spacial score (nSPS) is 24.6. The lowest BCUT2D eigenvalue weighted by atomic mass is 9.92. The Balaban J connectivity index is 1.54. The molecule has 5 nitrogen and oxygen atoms in total. The molecule has 6 heteroatoms. The second-order valence-corrected chi connectivity index (χ2v) is 7.51. The summed E-state index contributed by atoms with van der Waals surface area (Å²) in [5.74, 6) is 0.515. The van der Waals surface area contributed by atoms with Gasteiger partial charge < -0.3 is 10.6 Å². The van der Waals surface area contributed by atoms with Gasteiger partial charge in [-0.05, 0) is 38.1 Å². The van der Waals surface area contributed by atoms with E-state index in [9.17, 15) is 4.79 Å². The molecule has 3 rings (SSSR count). The van der Waals surface area contributed by atoms with E-state index < -0.39 is 0 Å². The molecule has 1 unspecified atom stereocenters. The largest absolute Gasteiger partial charge is 0.365 e. The van der Waals surface area contributed by atoms with Crippen LogP contribution in [0.4, 0.5) is 5.13 Å². The van der Waals surface area contributed by atoms with Crippen molar-refractivity contribution in [1.29, 1.82) is 0 Å². The lowest BCUT2D eigenvalue weighted by Gasteiger charge is -2.42. The number of piperidine rings is 2. The fraction of sp³-hybridized carbons (Fsp3) is 0.750. The van der Waals surface area contributed by atoms with Crippen molar-refractivity contribution < 1.29 is 4.79 Å². The third-order valence-electron chi connectivity index (χ3n) is 5.12. The van der Waals surface area contributed by atoms with Gasteiger partial charge in [0.25, 0.3) is 5.91 Å². The van der Waals surface area contributed by atoms with E-state index in [0.717, 1.165) is 30.2 Å². The van der Waals surface area contributed by atoms with Crippen molar-refractivity contribution >= 4 is 22.4 Å². The SMILES string of the molecule is CCC1CCCN(C2CCN(c3ncc(C(N)=O)s3)CC2)C1. The Morgan fingerprint density at radius 3 is 2.77 bits per heavy atom. The van der Waals surface area contributed by atoms with Gasteiger partial charge >= 0.3 is 0 Å². The molecule has 122 valence electrons. The molecule has 0 saturated carbocycles. The Hall–Kier alpha value is -1.14. The van der Waals surface area contributed by atoms with Crippen LogP contribution in [0.2, 0.25) is 0 Å². The zero-order valence-corrected chi connectivity index (χ0v) is 14.1. The van der Waals surface area contributed by atoms with Gasteiger partial charge in [0, 0.05) is 25.7 Å². The van der Waals surface area contributed by atoms with Crippen LogP contribution in [0, 0.1) is 5.92 Å². The van der Waals surface area contributed by atoms with Crippen molar-refractivity contribution in [3.63, 3.8) is 0 Å². The molecule has 2 aliphatic heterocycles. The third kappa shape index (κ3) is 3.43. The second-order valence-electron chi connectivity index (χ2n) is 6.50. The Labute approximate surface area is 136 Å². The Morgan fingerprint density at radius 2 is 2.14 bits per heavy atom. The smallest absolute Gasteiger partial charge is 0.260 e. The molecule has 1 atom stereocenters. The van der Waals surface area contributed by atoms with E-state index in [0.29, 0.717) is 4.88 Å². The molecular formula is C16H26N4OS. The summed E-state index contributed by atoms with van der Waals surface area (Å²) in [5.41, 5.74) is 5.31. The van der Waals surface area contributed by atoms with Crippen molar-refractivity contribution in [2.24, 2.45) is 11.7 Å². The molecule has 22 heavy (non-hydrogen) atoms. The van der Waals surface area contributed by atoms with Gasteiger partial charge in [0.15, 0.2) is 5.13 Å². The fourth-order valence-corrected chi connectivity index (χ4v) is 4.53. The first-order valence-corrected chi connectivity index (χ1v) is 9.23. The maximum atomic E-state index is 11.2. The molecule has 2 N–H and O–H groups in total. The fourth-order valence-electron chi connectivity index (χ4n) is 3.71. The maximum absolute atomic E-state index is 11.2. The van der Waals surface area contributed by atoms with Crippen molar-refractivity contribution in [2.45, 2.75) is 45.1 Å². The van der Waals surface area contributed by atoms with Crippen LogP contribution in [0.5, 0.6) is 0 Å². The molecule has 0 aromatic carbocycles. The number of likely N-dealkylation sites (tertiary alicyclic amines) is 1. The third-order valence-corrected chi connectivity index (χ3v) is 6.19. The topological polar surface area (TPSA) is 62.5 Å². The lowest BCUT2D eigenvalue weighted by Crippen LogP contribution is -2.48. The Kier molecular flexibility index (Phi) is 4.98. The number of nitrogens with zero attached hydrogens (tertiary/aromatic N) is 3. The summed E-state index contributed by atoms with van der Waals surface area (Å²) in [4.78, 5) is 21.1. The van der Waals surface area contributed by atoms with Crippen molar-refractivity contribution in [3.8, 4) is 0 Å². The average Bonchev–Trinajstić information content (AvgIpc) is 3.05. The van der Waals surface area contributed by atoms with E-state index in [1.54, 1.807) is 6.20 Å². The number of anilines is 1. The zero-order chi connectivity index (χ0) is 15.5. The van der Waals surface area contributed by atoms with Crippen LogP contribution in [-0.4, -0.2) is 48.0 Å². The number of hydrogen-bond donors (Lipinski definition) is 1. The van der Waals surface area contributed by atoms with Gasteiger partial charge in [-0.2, -0.15) is 0 Å².